The van der Waals surface area contributed by atoms with Gasteiger partial charge in [0.2, 0.25) is 0 Å². The Kier molecular flexibility index (Phi) is 3.52. The zero-order valence-corrected chi connectivity index (χ0v) is 7.75. The second kappa shape index (κ2) is 4.89. The molecule has 1 aromatic heterocycles. The van der Waals surface area contributed by atoms with Crippen molar-refractivity contribution in [2.75, 3.05) is 6.61 Å². The number of esters is 1. The Hall–Kier alpha value is -2.00. The molecule has 5 nitrogen and oxygen atoms in total. The lowest BCUT2D eigenvalue weighted by Gasteiger charge is -1.92. The van der Waals surface area contributed by atoms with Crippen molar-refractivity contribution in [1.82, 2.24) is 0 Å². The summed E-state index contributed by atoms with van der Waals surface area (Å²) in [6.07, 6.45) is 3.18. The molecular formula is C9H10N3O2+. The molecule has 0 fully saturated rings. The fourth-order valence-corrected chi connectivity index (χ4v) is 0.933. The predicted molar refractivity (Wildman–Crippen MR) is 47.3 cm³/mol. The summed E-state index contributed by atoms with van der Waals surface area (Å²) in [7, 11) is 0. The van der Waals surface area contributed by atoms with E-state index in [0.717, 1.165) is 0 Å². The van der Waals surface area contributed by atoms with Gasteiger partial charge in [-0.1, -0.05) is 15.4 Å². The standard InChI is InChI=1S/C9H10N3O2/c1-2-14-9(13)8(11-10)12-6-4-3-5-7-12/h3-7H,2H2,1H3/q+1. The van der Waals surface area contributed by atoms with Crippen molar-refractivity contribution in [1.29, 1.82) is 0 Å². The highest BCUT2D eigenvalue weighted by atomic mass is 16.5. The fraction of sp³-hybridized carbons (Fsp3) is 0.222. The summed E-state index contributed by atoms with van der Waals surface area (Å²) in [5, 5.41) is 0. The zero-order chi connectivity index (χ0) is 10.4. The molecule has 0 aromatic carbocycles. The first-order chi connectivity index (χ1) is 6.79. The van der Waals surface area contributed by atoms with E-state index in [1.807, 2.05) is 0 Å². The van der Waals surface area contributed by atoms with E-state index in [1.54, 1.807) is 37.5 Å². The number of rotatable bonds is 1. The molecule has 0 aliphatic heterocycles. The van der Waals surface area contributed by atoms with Gasteiger partial charge in [0.25, 0.3) is 0 Å². The minimum atomic E-state index is -0.661. The third-order valence-electron chi connectivity index (χ3n) is 1.51. The molecule has 0 aliphatic rings. The van der Waals surface area contributed by atoms with Gasteiger partial charge in [0.05, 0.1) is 6.61 Å². The molecule has 14 heavy (non-hydrogen) atoms. The topological polar surface area (TPSA) is 66.6 Å². The van der Waals surface area contributed by atoms with Crippen molar-refractivity contribution >= 4 is 11.8 Å². The van der Waals surface area contributed by atoms with Crippen LogP contribution in [0.25, 0.3) is 5.53 Å². The summed E-state index contributed by atoms with van der Waals surface area (Å²) in [6.45, 7) is 1.92. The summed E-state index contributed by atoms with van der Waals surface area (Å²) in [5.74, 6) is -0.821. The van der Waals surface area contributed by atoms with Crippen LogP contribution in [0, 0.1) is 0 Å². The molecular weight excluding hydrogens is 182 g/mol. The normalized spacial score (nSPS) is 8.93. The Morgan fingerprint density at radius 2 is 2.07 bits per heavy atom. The first-order valence-corrected chi connectivity index (χ1v) is 4.15. The van der Waals surface area contributed by atoms with Crippen LogP contribution < -0.4 is 4.57 Å². The van der Waals surface area contributed by atoms with E-state index >= 15 is 0 Å². The van der Waals surface area contributed by atoms with Crippen LogP contribution in [-0.4, -0.2) is 23.2 Å². The Morgan fingerprint density at radius 3 is 2.57 bits per heavy atom. The van der Waals surface area contributed by atoms with Gasteiger partial charge >= 0.3 is 11.8 Å². The summed E-state index contributed by atoms with van der Waals surface area (Å²) in [4.78, 5) is 14.1. The summed E-state index contributed by atoms with van der Waals surface area (Å²) < 4.78 is 6.07. The highest BCUT2D eigenvalue weighted by Crippen LogP contribution is 1.81. The number of nitrogens with zero attached hydrogens (tertiary/aromatic N) is 3. The Bertz CT molecular complexity index is 369. The lowest BCUT2D eigenvalue weighted by Crippen LogP contribution is -2.48. The molecule has 0 saturated heterocycles. The lowest BCUT2D eigenvalue weighted by atomic mass is 10.4. The second-order valence-corrected chi connectivity index (χ2v) is 2.43. The second-order valence-electron chi connectivity index (χ2n) is 2.43. The molecule has 0 atom stereocenters. The summed E-state index contributed by atoms with van der Waals surface area (Å²) >= 11 is 0. The van der Waals surface area contributed by atoms with Crippen LogP contribution in [0.2, 0.25) is 0 Å². The van der Waals surface area contributed by atoms with E-state index in [1.165, 1.54) is 4.57 Å². The molecule has 0 bridgehead atoms. The maximum Gasteiger partial charge on any atom is 0.638 e. The monoisotopic (exact) mass is 192 g/mol. The zero-order valence-electron chi connectivity index (χ0n) is 7.75. The molecule has 0 unspecified atom stereocenters. The lowest BCUT2D eigenvalue weighted by molar-refractivity contribution is -0.573. The van der Waals surface area contributed by atoms with Crippen LogP contribution in [-0.2, 0) is 9.53 Å². The highest BCUT2D eigenvalue weighted by molar-refractivity contribution is 6.28. The Labute approximate surface area is 81.2 Å². The fourth-order valence-electron chi connectivity index (χ4n) is 0.933. The van der Waals surface area contributed by atoms with Crippen LogP contribution in [0.5, 0.6) is 0 Å². The molecule has 0 spiro atoms. The molecule has 0 aliphatic carbocycles. The van der Waals surface area contributed by atoms with Crippen LogP contribution in [0.3, 0.4) is 0 Å². The van der Waals surface area contributed by atoms with E-state index in [2.05, 4.69) is 4.79 Å². The maximum atomic E-state index is 11.2. The number of hydrogen-bond acceptors (Lipinski definition) is 2. The van der Waals surface area contributed by atoms with Gasteiger partial charge in [-0.3, -0.25) is 0 Å². The molecule has 0 amide bonds. The summed E-state index contributed by atoms with van der Waals surface area (Å²) in [5.41, 5.74) is 8.64. The minimum absolute atomic E-state index is 0.160. The molecule has 1 rings (SSSR count). The number of carbonyl (C=O) groups is 1. The van der Waals surface area contributed by atoms with Crippen LogP contribution in [0.1, 0.15) is 6.92 Å². The van der Waals surface area contributed by atoms with Crippen molar-refractivity contribution in [3.63, 3.8) is 0 Å². The van der Waals surface area contributed by atoms with Gasteiger partial charge in [-0.05, 0) is 6.92 Å². The third kappa shape index (κ3) is 2.24. The smallest absolute Gasteiger partial charge is 0.452 e. The Morgan fingerprint density at radius 1 is 1.43 bits per heavy atom. The van der Waals surface area contributed by atoms with Crippen molar-refractivity contribution in [2.24, 2.45) is 0 Å². The van der Waals surface area contributed by atoms with E-state index in [-0.39, 0.29) is 12.4 Å². The largest absolute Gasteiger partial charge is 0.638 e. The average Bonchev–Trinajstić information content (AvgIpc) is 2.21. The van der Waals surface area contributed by atoms with Crippen LogP contribution in [0.4, 0.5) is 0 Å². The molecule has 1 heterocycles. The van der Waals surface area contributed by atoms with E-state index < -0.39 is 5.97 Å². The molecule has 72 valence electrons. The number of pyridine rings is 1. The number of ether oxygens (including phenoxy) is 1. The molecule has 5 heteroatoms. The van der Waals surface area contributed by atoms with Crippen molar-refractivity contribution < 1.29 is 18.9 Å². The van der Waals surface area contributed by atoms with E-state index in [4.69, 9.17) is 10.3 Å². The first-order valence-electron chi connectivity index (χ1n) is 4.15. The van der Waals surface area contributed by atoms with Gasteiger partial charge < -0.3 is 10.3 Å². The minimum Gasteiger partial charge on any atom is -0.452 e. The van der Waals surface area contributed by atoms with Crippen LogP contribution >= 0.6 is 0 Å². The highest BCUT2D eigenvalue weighted by Gasteiger charge is 2.32. The van der Waals surface area contributed by atoms with E-state index in [9.17, 15) is 4.79 Å². The average molecular weight is 192 g/mol. The predicted octanol–water partition coefficient (Wildman–Crippen LogP) is 0.0136. The SMILES string of the molecule is CCOC(=O)C(=[N+]=[N-])[n+]1ccccc1. The number of aromatic nitrogens is 1. The quantitative estimate of drug-likeness (QED) is 0.157. The van der Waals surface area contributed by atoms with Gasteiger partial charge in [-0.15, -0.1) is 0 Å². The van der Waals surface area contributed by atoms with Crippen molar-refractivity contribution in [3.8, 4) is 0 Å². The number of hydrogen-bond donors (Lipinski definition) is 0. The molecule has 0 N–H and O–H groups in total. The number of carbonyl (C=O) groups excluding carboxylic acids is 1. The van der Waals surface area contributed by atoms with Gasteiger partial charge in [-0.25, -0.2) is 4.79 Å². The van der Waals surface area contributed by atoms with Crippen LogP contribution in [0.15, 0.2) is 30.6 Å². The molecule has 0 radical (unpaired) electrons. The van der Waals surface area contributed by atoms with Gasteiger partial charge in [-0.2, -0.15) is 0 Å². The first kappa shape index (κ1) is 10.1. The molecule has 0 saturated carbocycles. The van der Waals surface area contributed by atoms with Gasteiger partial charge in [0.1, 0.15) is 0 Å². The van der Waals surface area contributed by atoms with Gasteiger partial charge in [0, 0.05) is 12.1 Å². The van der Waals surface area contributed by atoms with E-state index in [0.29, 0.717) is 0 Å². The molecule has 1 aromatic rings. The van der Waals surface area contributed by atoms with Gasteiger partial charge in [0.15, 0.2) is 12.4 Å². The van der Waals surface area contributed by atoms with Crippen molar-refractivity contribution in [2.45, 2.75) is 6.92 Å². The Balaban J connectivity index is 2.96. The maximum absolute atomic E-state index is 11.2. The van der Waals surface area contributed by atoms with Crippen molar-refractivity contribution in [3.05, 3.63) is 36.1 Å². The summed E-state index contributed by atoms with van der Waals surface area (Å²) in [6, 6.07) is 5.21. The third-order valence-corrected chi connectivity index (χ3v) is 1.51.